The maximum Gasteiger partial charge on any atom is 0.315 e. The van der Waals surface area contributed by atoms with Crippen LogP contribution in [-0.4, -0.2) is 42.4 Å². The molecule has 1 aliphatic rings. The molecule has 19 heavy (non-hydrogen) atoms. The lowest BCUT2D eigenvalue weighted by Gasteiger charge is -2.26. The van der Waals surface area contributed by atoms with Crippen molar-refractivity contribution in [3.05, 3.63) is 0 Å². The second-order valence-electron chi connectivity index (χ2n) is 5.30. The topological polar surface area (TPSA) is 87.7 Å². The van der Waals surface area contributed by atoms with Gasteiger partial charge in [0.2, 0.25) is 0 Å². The molecule has 0 saturated carbocycles. The van der Waals surface area contributed by atoms with E-state index in [0.717, 1.165) is 19.3 Å². The number of nitrogens with one attached hydrogen (secondary N) is 2. The SMILES string of the molecule is CCCC(CC)NC(=O)NC1COCC1(C)C(=O)O. The highest BCUT2D eigenvalue weighted by Gasteiger charge is 2.47. The lowest BCUT2D eigenvalue weighted by Crippen LogP contribution is -2.53. The molecule has 0 spiro atoms. The van der Waals surface area contributed by atoms with Crippen LogP contribution < -0.4 is 10.6 Å². The van der Waals surface area contributed by atoms with E-state index in [1.165, 1.54) is 0 Å². The first-order valence-corrected chi connectivity index (χ1v) is 6.82. The first kappa shape index (κ1) is 15.8. The lowest BCUT2D eigenvalue weighted by molar-refractivity contribution is -0.148. The molecule has 3 atom stereocenters. The van der Waals surface area contributed by atoms with E-state index in [2.05, 4.69) is 17.6 Å². The van der Waals surface area contributed by atoms with Crippen LogP contribution in [0.4, 0.5) is 4.79 Å². The molecule has 0 aromatic carbocycles. The predicted octanol–water partition coefficient (Wildman–Crippen LogP) is 1.35. The van der Waals surface area contributed by atoms with E-state index in [1.54, 1.807) is 6.92 Å². The van der Waals surface area contributed by atoms with Crippen molar-refractivity contribution in [3.63, 3.8) is 0 Å². The molecule has 1 aliphatic heterocycles. The number of aliphatic carboxylic acids is 1. The summed E-state index contributed by atoms with van der Waals surface area (Å²) in [6.45, 7) is 6.03. The van der Waals surface area contributed by atoms with Crippen molar-refractivity contribution in [2.75, 3.05) is 13.2 Å². The standard InChI is InChI=1S/C13H24N2O4/c1-4-6-9(5-2)14-12(18)15-10-7-19-8-13(10,3)11(16)17/h9-10H,4-8H2,1-3H3,(H,16,17)(H2,14,15,18). The van der Waals surface area contributed by atoms with Gasteiger partial charge in [-0.15, -0.1) is 0 Å². The Balaban J connectivity index is 2.54. The largest absolute Gasteiger partial charge is 0.481 e. The highest BCUT2D eigenvalue weighted by Crippen LogP contribution is 2.28. The molecule has 2 amide bonds. The average molecular weight is 272 g/mol. The van der Waals surface area contributed by atoms with Gasteiger partial charge in [0, 0.05) is 6.04 Å². The number of urea groups is 1. The zero-order valence-electron chi connectivity index (χ0n) is 11.9. The van der Waals surface area contributed by atoms with Crippen molar-refractivity contribution in [2.24, 2.45) is 5.41 Å². The van der Waals surface area contributed by atoms with Gasteiger partial charge in [0.05, 0.1) is 19.3 Å². The fraction of sp³-hybridized carbons (Fsp3) is 0.846. The molecule has 1 rings (SSSR count). The predicted molar refractivity (Wildman–Crippen MR) is 71.0 cm³/mol. The first-order valence-electron chi connectivity index (χ1n) is 6.82. The Kier molecular flexibility index (Phi) is 5.60. The third-order valence-corrected chi connectivity index (χ3v) is 3.71. The number of amides is 2. The minimum absolute atomic E-state index is 0.124. The summed E-state index contributed by atoms with van der Waals surface area (Å²) in [7, 11) is 0. The summed E-state index contributed by atoms with van der Waals surface area (Å²) in [5, 5.41) is 14.8. The van der Waals surface area contributed by atoms with Crippen LogP contribution in [0.15, 0.2) is 0 Å². The van der Waals surface area contributed by atoms with Gasteiger partial charge in [-0.3, -0.25) is 4.79 Å². The van der Waals surface area contributed by atoms with E-state index in [0.29, 0.717) is 0 Å². The van der Waals surface area contributed by atoms with Crippen molar-refractivity contribution < 1.29 is 19.4 Å². The van der Waals surface area contributed by atoms with Gasteiger partial charge in [-0.25, -0.2) is 4.79 Å². The Hall–Kier alpha value is -1.30. The summed E-state index contributed by atoms with van der Waals surface area (Å²) in [5.41, 5.74) is -1.05. The number of carbonyl (C=O) groups excluding carboxylic acids is 1. The van der Waals surface area contributed by atoms with Crippen molar-refractivity contribution in [1.82, 2.24) is 10.6 Å². The van der Waals surface area contributed by atoms with Crippen LogP contribution in [-0.2, 0) is 9.53 Å². The molecule has 3 N–H and O–H groups in total. The first-order chi connectivity index (χ1) is 8.93. The smallest absolute Gasteiger partial charge is 0.315 e. The van der Waals surface area contributed by atoms with E-state index in [9.17, 15) is 14.7 Å². The molecule has 6 heteroatoms. The van der Waals surface area contributed by atoms with Crippen molar-refractivity contribution in [1.29, 1.82) is 0 Å². The molecule has 1 heterocycles. The zero-order chi connectivity index (χ0) is 14.5. The molecule has 3 unspecified atom stereocenters. The number of ether oxygens (including phenoxy) is 1. The maximum atomic E-state index is 11.9. The molecule has 110 valence electrons. The second-order valence-corrected chi connectivity index (χ2v) is 5.30. The average Bonchev–Trinajstić information content (AvgIpc) is 2.71. The normalized spacial score (nSPS) is 27.8. The van der Waals surface area contributed by atoms with Crippen LogP contribution in [0.25, 0.3) is 0 Å². The Morgan fingerprint density at radius 3 is 2.68 bits per heavy atom. The number of carboxylic acids is 1. The van der Waals surface area contributed by atoms with Crippen LogP contribution in [0.3, 0.4) is 0 Å². The van der Waals surface area contributed by atoms with Crippen molar-refractivity contribution >= 4 is 12.0 Å². The van der Waals surface area contributed by atoms with E-state index < -0.39 is 17.4 Å². The summed E-state index contributed by atoms with van der Waals surface area (Å²) >= 11 is 0. The molecule has 0 aromatic rings. The van der Waals surface area contributed by atoms with Crippen molar-refractivity contribution in [3.8, 4) is 0 Å². The Labute approximate surface area is 113 Å². The molecule has 0 bridgehead atoms. The third-order valence-electron chi connectivity index (χ3n) is 3.71. The minimum Gasteiger partial charge on any atom is -0.481 e. The van der Waals surface area contributed by atoms with E-state index >= 15 is 0 Å². The van der Waals surface area contributed by atoms with Gasteiger partial charge in [0.25, 0.3) is 0 Å². The molecule has 0 aliphatic carbocycles. The lowest BCUT2D eigenvalue weighted by atomic mass is 9.85. The molecule has 0 radical (unpaired) electrons. The van der Waals surface area contributed by atoms with E-state index in [4.69, 9.17) is 4.74 Å². The molecular weight excluding hydrogens is 248 g/mol. The molecule has 1 fully saturated rings. The number of hydrogen-bond acceptors (Lipinski definition) is 3. The van der Waals surface area contributed by atoms with E-state index in [1.807, 2.05) is 6.92 Å². The molecule has 1 saturated heterocycles. The third kappa shape index (κ3) is 3.83. The van der Waals surface area contributed by atoms with Gasteiger partial charge >= 0.3 is 12.0 Å². The number of carbonyl (C=O) groups is 2. The minimum atomic E-state index is -1.05. The number of rotatable bonds is 6. The van der Waals surface area contributed by atoms with Gasteiger partial charge in [-0.2, -0.15) is 0 Å². The summed E-state index contributed by atoms with van der Waals surface area (Å²) < 4.78 is 5.19. The van der Waals surface area contributed by atoms with Crippen LogP contribution in [0, 0.1) is 5.41 Å². The summed E-state index contributed by atoms with van der Waals surface area (Å²) in [5.74, 6) is -0.948. The van der Waals surface area contributed by atoms with E-state index in [-0.39, 0.29) is 25.3 Å². The molecular formula is C13H24N2O4. The van der Waals surface area contributed by atoms with Gasteiger partial charge in [0.1, 0.15) is 5.41 Å². The van der Waals surface area contributed by atoms with Crippen molar-refractivity contribution in [2.45, 2.75) is 52.1 Å². The highest BCUT2D eigenvalue weighted by atomic mass is 16.5. The molecule has 0 aromatic heterocycles. The fourth-order valence-corrected chi connectivity index (χ4v) is 2.20. The van der Waals surface area contributed by atoms with Crippen LogP contribution in [0.2, 0.25) is 0 Å². The Morgan fingerprint density at radius 1 is 1.47 bits per heavy atom. The van der Waals surface area contributed by atoms with Gasteiger partial charge in [0.15, 0.2) is 0 Å². The Morgan fingerprint density at radius 2 is 2.16 bits per heavy atom. The number of carboxylic acid groups (broad SMARTS) is 1. The van der Waals surface area contributed by atoms with Crippen LogP contribution in [0.5, 0.6) is 0 Å². The Bertz CT molecular complexity index is 335. The van der Waals surface area contributed by atoms with Gasteiger partial charge in [-0.1, -0.05) is 20.3 Å². The fourth-order valence-electron chi connectivity index (χ4n) is 2.20. The highest BCUT2D eigenvalue weighted by molar-refractivity contribution is 5.79. The number of hydrogen-bond donors (Lipinski definition) is 3. The zero-order valence-corrected chi connectivity index (χ0v) is 11.9. The molecule has 6 nitrogen and oxygen atoms in total. The summed E-state index contributed by atoms with van der Waals surface area (Å²) in [6.07, 6.45) is 2.78. The monoisotopic (exact) mass is 272 g/mol. The van der Waals surface area contributed by atoms with Crippen LogP contribution >= 0.6 is 0 Å². The van der Waals surface area contributed by atoms with Gasteiger partial charge < -0.3 is 20.5 Å². The summed E-state index contributed by atoms with van der Waals surface area (Å²) in [6, 6.07) is -0.684. The van der Waals surface area contributed by atoms with Gasteiger partial charge in [-0.05, 0) is 19.8 Å². The second kappa shape index (κ2) is 6.75. The maximum absolute atomic E-state index is 11.9. The summed E-state index contributed by atoms with van der Waals surface area (Å²) in [4.78, 5) is 23.1. The van der Waals surface area contributed by atoms with Crippen LogP contribution in [0.1, 0.15) is 40.0 Å². The quantitative estimate of drug-likeness (QED) is 0.681.